The molecule has 0 saturated carbocycles. The number of ketones is 1. The van der Waals surface area contributed by atoms with Crippen molar-refractivity contribution in [3.8, 4) is 5.75 Å². The Hall–Kier alpha value is -1.81. The zero-order valence-electron chi connectivity index (χ0n) is 10.5. The van der Waals surface area contributed by atoms with Gasteiger partial charge >= 0.3 is 0 Å². The lowest BCUT2D eigenvalue weighted by Crippen LogP contribution is -2.07. The average Bonchev–Trinajstić information content (AvgIpc) is 2.39. The van der Waals surface area contributed by atoms with Crippen molar-refractivity contribution in [1.82, 2.24) is 0 Å². The van der Waals surface area contributed by atoms with Crippen LogP contribution in [-0.2, 0) is 6.42 Å². The van der Waals surface area contributed by atoms with Gasteiger partial charge in [-0.25, -0.2) is 0 Å². The van der Waals surface area contributed by atoms with Gasteiger partial charge in [0.15, 0.2) is 5.78 Å². The zero-order chi connectivity index (χ0) is 13.8. The molecular weight excluding hydrogens is 306 g/mol. The van der Waals surface area contributed by atoms with E-state index < -0.39 is 0 Å². The summed E-state index contributed by atoms with van der Waals surface area (Å²) in [5, 5.41) is 0. The number of nitrogens with two attached hydrogens (primary N) is 1. The fourth-order valence-corrected chi connectivity index (χ4v) is 2.31. The SMILES string of the molecule is COc1ccc(Br)cc1CC(=O)c1ccccc1N. The maximum Gasteiger partial charge on any atom is 0.169 e. The van der Waals surface area contributed by atoms with Crippen LogP contribution in [0.3, 0.4) is 0 Å². The maximum atomic E-state index is 12.3. The van der Waals surface area contributed by atoms with Crippen molar-refractivity contribution in [3.63, 3.8) is 0 Å². The molecule has 0 unspecified atom stereocenters. The summed E-state index contributed by atoms with van der Waals surface area (Å²) < 4.78 is 6.18. The fraction of sp³-hybridized carbons (Fsp3) is 0.133. The number of methoxy groups -OCH3 is 1. The summed E-state index contributed by atoms with van der Waals surface area (Å²) >= 11 is 3.39. The van der Waals surface area contributed by atoms with Crippen LogP contribution in [0.4, 0.5) is 5.69 Å². The average molecular weight is 320 g/mol. The molecular formula is C15H14BrNO2. The van der Waals surface area contributed by atoms with Crippen LogP contribution in [-0.4, -0.2) is 12.9 Å². The molecule has 0 amide bonds. The third kappa shape index (κ3) is 3.15. The van der Waals surface area contributed by atoms with Crippen molar-refractivity contribution in [2.45, 2.75) is 6.42 Å². The Morgan fingerprint density at radius 1 is 1.26 bits per heavy atom. The molecule has 0 aliphatic rings. The molecule has 19 heavy (non-hydrogen) atoms. The molecule has 4 heteroatoms. The van der Waals surface area contributed by atoms with Gasteiger partial charge in [-0.3, -0.25) is 4.79 Å². The molecule has 0 aliphatic carbocycles. The van der Waals surface area contributed by atoms with Crippen molar-refractivity contribution in [2.24, 2.45) is 0 Å². The minimum absolute atomic E-state index is 0.0190. The lowest BCUT2D eigenvalue weighted by molar-refractivity contribution is 0.0993. The van der Waals surface area contributed by atoms with Gasteiger partial charge in [0.2, 0.25) is 0 Å². The number of nitrogen functional groups attached to an aromatic ring is 1. The normalized spacial score (nSPS) is 10.2. The minimum atomic E-state index is -0.0190. The molecule has 0 atom stereocenters. The monoisotopic (exact) mass is 319 g/mol. The molecule has 0 heterocycles. The van der Waals surface area contributed by atoms with E-state index in [1.54, 1.807) is 19.2 Å². The summed E-state index contributed by atoms with van der Waals surface area (Å²) in [6.07, 6.45) is 0.261. The van der Waals surface area contributed by atoms with Crippen LogP contribution in [0, 0.1) is 0 Å². The van der Waals surface area contributed by atoms with Crippen molar-refractivity contribution in [2.75, 3.05) is 12.8 Å². The van der Waals surface area contributed by atoms with Crippen molar-refractivity contribution in [1.29, 1.82) is 0 Å². The van der Waals surface area contributed by atoms with Crippen LogP contribution in [0.15, 0.2) is 46.9 Å². The van der Waals surface area contributed by atoms with Gasteiger partial charge in [-0.2, -0.15) is 0 Å². The Labute approximate surface area is 120 Å². The van der Waals surface area contributed by atoms with Crippen LogP contribution >= 0.6 is 15.9 Å². The van der Waals surface area contributed by atoms with E-state index in [1.807, 2.05) is 30.3 Å². The first kappa shape index (κ1) is 13.6. The zero-order valence-corrected chi connectivity index (χ0v) is 12.1. The number of para-hydroxylation sites is 1. The highest BCUT2D eigenvalue weighted by Crippen LogP contribution is 2.25. The largest absolute Gasteiger partial charge is 0.496 e. The molecule has 0 fully saturated rings. The second-order valence-electron chi connectivity index (χ2n) is 4.14. The van der Waals surface area contributed by atoms with E-state index in [9.17, 15) is 4.79 Å². The van der Waals surface area contributed by atoms with Gasteiger partial charge < -0.3 is 10.5 Å². The Morgan fingerprint density at radius 2 is 2.00 bits per heavy atom. The molecule has 2 aromatic carbocycles. The summed E-state index contributed by atoms with van der Waals surface area (Å²) in [4.78, 5) is 12.3. The highest BCUT2D eigenvalue weighted by Gasteiger charge is 2.13. The van der Waals surface area contributed by atoms with Crippen LogP contribution < -0.4 is 10.5 Å². The Morgan fingerprint density at radius 3 is 2.68 bits per heavy atom. The van der Waals surface area contributed by atoms with Crippen LogP contribution in [0.25, 0.3) is 0 Å². The number of carbonyl (C=O) groups is 1. The van der Waals surface area contributed by atoms with Gasteiger partial charge in [0.25, 0.3) is 0 Å². The molecule has 0 radical (unpaired) electrons. The quantitative estimate of drug-likeness (QED) is 0.693. The Balaban J connectivity index is 2.29. The predicted molar refractivity (Wildman–Crippen MR) is 79.6 cm³/mol. The van der Waals surface area contributed by atoms with Crippen molar-refractivity contribution >= 4 is 27.4 Å². The van der Waals surface area contributed by atoms with E-state index in [-0.39, 0.29) is 12.2 Å². The number of benzene rings is 2. The lowest BCUT2D eigenvalue weighted by Gasteiger charge is -2.09. The summed E-state index contributed by atoms with van der Waals surface area (Å²) in [5.41, 5.74) is 7.70. The van der Waals surface area contributed by atoms with E-state index >= 15 is 0 Å². The predicted octanol–water partition coefficient (Wildman–Crippen LogP) is 3.47. The number of ether oxygens (including phenoxy) is 1. The number of halogens is 1. The van der Waals surface area contributed by atoms with Crippen molar-refractivity contribution < 1.29 is 9.53 Å². The number of hydrogen-bond donors (Lipinski definition) is 1. The number of Topliss-reactive ketones (excluding diaryl/α,β-unsaturated/α-hetero) is 1. The summed E-state index contributed by atoms with van der Waals surface area (Å²) in [6.45, 7) is 0. The second-order valence-corrected chi connectivity index (χ2v) is 5.06. The molecule has 0 bridgehead atoms. The van der Waals surface area contributed by atoms with Crippen LogP contribution in [0.5, 0.6) is 5.75 Å². The minimum Gasteiger partial charge on any atom is -0.496 e. The van der Waals surface area contributed by atoms with Gasteiger partial charge in [0.05, 0.1) is 7.11 Å². The third-order valence-corrected chi connectivity index (χ3v) is 3.35. The highest BCUT2D eigenvalue weighted by atomic mass is 79.9. The van der Waals surface area contributed by atoms with Crippen LogP contribution in [0.2, 0.25) is 0 Å². The van der Waals surface area contributed by atoms with Crippen LogP contribution in [0.1, 0.15) is 15.9 Å². The smallest absolute Gasteiger partial charge is 0.169 e. The standard InChI is InChI=1S/C15H14BrNO2/c1-19-15-7-6-11(16)8-10(15)9-14(18)12-4-2-3-5-13(12)17/h2-8H,9,17H2,1H3. The first-order valence-corrected chi connectivity index (χ1v) is 6.61. The van der Waals surface area contributed by atoms with Gasteiger partial charge in [-0.05, 0) is 30.3 Å². The lowest BCUT2D eigenvalue weighted by atomic mass is 10.0. The first-order valence-electron chi connectivity index (χ1n) is 5.82. The number of anilines is 1. The summed E-state index contributed by atoms with van der Waals surface area (Å²) in [6, 6.07) is 12.7. The van der Waals surface area contributed by atoms with Gasteiger partial charge in [0, 0.05) is 27.7 Å². The van der Waals surface area contributed by atoms with E-state index in [2.05, 4.69) is 15.9 Å². The van der Waals surface area contributed by atoms with Crippen molar-refractivity contribution in [3.05, 3.63) is 58.1 Å². The molecule has 2 aromatic rings. The number of hydrogen-bond acceptors (Lipinski definition) is 3. The van der Waals surface area contributed by atoms with Gasteiger partial charge in [-0.1, -0.05) is 28.1 Å². The van der Waals surface area contributed by atoms with E-state index in [4.69, 9.17) is 10.5 Å². The molecule has 0 spiro atoms. The van der Waals surface area contributed by atoms with Gasteiger partial charge in [-0.15, -0.1) is 0 Å². The molecule has 0 aliphatic heterocycles. The highest BCUT2D eigenvalue weighted by molar-refractivity contribution is 9.10. The fourth-order valence-electron chi connectivity index (χ4n) is 1.90. The van der Waals surface area contributed by atoms with E-state index in [0.717, 1.165) is 10.0 Å². The number of rotatable bonds is 4. The summed E-state index contributed by atoms with van der Waals surface area (Å²) in [7, 11) is 1.59. The first-order chi connectivity index (χ1) is 9.11. The molecule has 3 nitrogen and oxygen atoms in total. The second kappa shape index (κ2) is 5.89. The topological polar surface area (TPSA) is 52.3 Å². The molecule has 2 rings (SSSR count). The summed E-state index contributed by atoms with van der Waals surface area (Å²) in [5.74, 6) is 0.681. The van der Waals surface area contributed by atoms with E-state index in [0.29, 0.717) is 17.0 Å². The number of carbonyl (C=O) groups excluding carboxylic acids is 1. The molecule has 98 valence electrons. The third-order valence-electron chi connectivity index (χ3n) is 2.85. The Bertz CT molecular complexity index is 611. The Kier molecular flexibility index (Phi) is 4.22. The molecule has 0 aromatic heterocycles. The van der Waals surface area contributed by atoms with Gasteiger partial charge in [0.1, 0.15) is 5.75 Å². The van der Waals surface area contributed by atoms with E-state index in [1.165, 1.54) is 0 Å². The molecule has 2 N–H and O–H groups in total. The maximum absolute atomic E-state index is 12.3. The molecule has 0 saturated heterocycles.